The highest BCUT2D eigenvalue weighted by atomic mass is 32.1. The van der Waals surface area contributed by atoms with E-state index >= 15 is 0 Å². The van der Waals surface area contributed by atoms with E-state index in [1.54, 1.807) is 23.5 Å². The molecular formula is C63H77N13O7S. The number of amides is 2. The van der Waals surface area contributed by atoms with Crippen molar-refractivity contribution in [1.82, 2.24) is 40.4 Å². The molecule has 12 rings (SSSR count). The Morgan fingerprint density at radius 1 is 0.881 bits per heavy atom. The Morgan fingerprint density at radius 2 is 1.64 bits per heavy atom. The number of anilines is 4. The fraction of sp³-hybridized carbons (Fsp3) is 0.524. The number of β-amino-alcohol motifs (C(OH)–C–C–N with tert-alkyl or cyclic N) is 1. The third-order valence-corrected chi connectivity index (χ3v) is 19.3. The summed E-state index contributed by atoms with van der Waals surface area (Å²) in [6, 6.07) is 24.6. The molecule has 0 spiro atoms. The number of nitriles is 1. The zero-order chi connectivity index (χ0) is 58.0. The first-order valence-corrected chi connectivity index (χ1v) is 31.0. The molecule has 6 atom stereocenters. The van der Waals surface area contributed by atoms with Crippen LogP contribution in [0, 0.1) is 30.1 Å². The van der Waals surface area contributed by atoms with Crippen molar-refractivity contribution in [1.29, 1.82) is 5.26 Å². The van der Waals surface area contributed by atoms with Gasteiger partial charge in [0, 0.05) is 120 Å². The lowest BCUT2D eigenvalue weighted by atomic mass is 9.91. The van der Waals surface area contributed by atoms with Crippen LogP contribution in [0.2, 0.25) is 0 Å². The van der Waals surface area contributed by atoms with Crippen LogP contribution in [0.5, 0.6) is 11.6 Å². The first-order valence-electron chi connectivity index (χ1n) is 30.2. The number of para-hydroxylation sites is 1. The van der Waals surface area contributed by atoms with E-state index in [0.717, 1.165) is 130 Å². The smallest absolute Gasteiger partial charge is 0.243 e. The Kier molecular flexibility index (Phi) is 17.0. The highest BCUT2D eigenvalue weighted by Crippen LogP contribution is 2.41. The van der Waals surface area contributed by atoms with Gasteiger partial charge in [0.05, 0.1) is 57.9 Å². The molecule has 442 valence electrons. The maximum absolute atomic E-state index is 14.5. The molecule has 6 fully saturated rings. The Hall–Kier alpha value is -7.38. The molecule has 84 heavy (non-hydrogen) atoms. The van der Waals surface area contributed by atoms with Crippen LogP contribution in [-0.4, -0.2) is 152 Å². The molecule has 5 saturated heterocycles. The number of nitrogens with two attached hydrogens (primary N) is 1. The zero-order valence-corrected chi connectivity index (χ0v) is 49.0. The molecule has 2 unspecified atom stereocenters. The molecule has 9 heterocycles. The van der Waals surface area contributed by atoms with Gasteiger partial charge < -0.3 is 59.8 Å². The first-order chi connectivity index (χ1) is 40.8. The van der Waals surface area contributed by atoms with E-state index in [2.05, 4.69) is 68.4 Å². The van der Waals surface area contributed by atoms with Crippen molar-refractivity contribution in [3.05, 3.63) is 102 Å². The van der Waals surface area contributed by atoms with Crippen LogP contribution in [-0.2, 0) is 14.3 Å². The minimum atomic E-state index is -0.882. The fourth-order valence-electron chi connectivity index (χ4n) is 13.8. The number of carbonyl (C=O) groups is 2. The van der Waals surface area contributed by atoms with Gasteiger partial charge in [-0.1, -0.05) is 55.4 Å². The summed E-state index contributed by atoms with van der Waals surface area (Å²) >= 11 is 1.57. The Balaban J connectivity index is 0.572. The van der Waals surface area contributed by atoms with Crippen LogP contribution in [0.4, 0.5) is 23.0 Å². The van der Waals surface area contributed by atoms with Crippen LogP contribution in [0.1, 0.15) is 113 Å². The van der Waals surface area contributed by atoms with Crippen LogP contribution in [0.3, 0.4) is 0 Å². The van der Waals surface area contributed by atoms with E-state index in [4.69, 9.17) is 19.7 Å². The second-order valence-corrected chi connectivity index (χ2v) is 25.2. The van der Waals surface area contributed by atoms with E-state index in [-0.39, 0.29) is 61.2 Å². The molecule has 4 aromatic heterocycles. The SMILES string of the molecule is Cc1ncsc1-c1ccc([C@@H](CCC#N)NC(=O)[C@@H]2C[C@@H](O)CN2C(=O)[C@@H](c2cc(N3CCC(CN4CCC(OC5CC(Oc6cc(N7C8CCC7CN(c7cc(-c9ccccc9O)nnc7N)C8)ccn6)C5)CC4)CC3)no2)C(C)C)cc1. The van der Waals surface area contributed by atoms with Gasteiger partial charge in [0.1, 0.15) is 23.8 Å². The largest absolute Gasteiger partial charge is 0.507 e. The number of aliphatic hydroxyl groups excluding tert-OH is 1. The quantitative estimate of drug-likeness (QED) is 0.0596. The number of pyridine rings is 1. The number of fused-ring (bicyclic) bond motifs is 2. The number of likely N-dealkylation sites (tertiary alicyclic amines) is 2. The molecule has 2 bridgehead atoms. The van der Waals surface area contributed by atoms with E-state index in [1.807, 2.05) is 81.0 Å². The van der Waals surface area contributed by atoms with Gasteiger partial charge in [0.15, 0.2) is 17.4 Å². The second kappa shape index (κ2) is 25.1. The first kappa shape index (κ1) is 57.1. The van der Waals surface area contributed by atoms with Gasteiger partial charge in [-0.15, -0.1) is 21.5 Å². The normalized spacial score (nSPS) is 23.8. The maximum Gasteiger partial charge on any atom is 0.243 e. The monoisotopic (exact) mass is 1160 g/mol. The standard InChI is InChI=1S/C63H77N13O7S/c1-38(2)59(63(80)75-36-46(77)28-54(75)62(79)68-51(8-6-21-64)41-10-12-42(13-11-41)60-39(3)67-37-84-60)56-32-57(71-83-56)73-25-17-40(18-26-73)33-72-23-19-47(20-24-72)81-48-29-49(30-48)82-58-27-43(16-22-66-58)76-44-14-15-45(76)35-74(34-44)53-31-52(69-70-61(53)65)50-7-4-5-9-55(50)78/h4-5,7,9-13,16,22,27,31-32,37-38,40,44-49,51,54,59,77-78H,6,8,14-15,17-20,23-26,28-30,33-36H2,1-3H3,(H2,65,70)(H,68,79)/t44?,45?,46-,48?,49?,51-,54+,59-/m1/s1. The number of nitrogen functional groups attached to an aromatic ring is 1. The summed E-state index contributed by atoms with van der Waals surface area (Å²) in [5.41, 5.74) is 14.3. The Morgan fingerprint density at radius 3 is 2.36 bits per heavy atom. The van der Waals surface area contributed by atoms with E-state index in [0.29, 0.717) is 59.0 Å². The van der Waals surface area contributed by atoms with Crippen LogP contribution >= 0.6 is 11.3 Å². The number of nitrogens with one attached hydrogen (secondary N) is 1. The Bertz CT molecular complexity index is 3280. The van der Waals surface area contributed by atoms with Crippen molar-refractivity contribution in [3.8, 4) is 39.4 Å². The number of hydrogen-bond donors (Lipinski definition) is 4. The van der Waals surface area contributed by atoms with Gasteiger partial charge in [0.2, 0.25) is 17.7 Å². The number of aliphatic hydroxyl groups is 1. The number of aromatic nitrogens is 5. The summed E-state index contributed by atoms with van der Waals surface area (Å²) in [4.78, 5) is 49.9. The fourth-order valence-corrected chi connectivity index (χ4v) is 14.6. The number of phenolic OH excluding ortho intramolecular Hbond substituents is 1. The van der Waals surface area contributed by atoms with Crippen molar-refractivity contribution in [2.75, 3.05) is 72.8 Å². The van der Waals surface area contributed by atoms with Gasteiger partial charge in [-0.2, -0.15) is 5.26 Å². The predicted molar refractivity (Wildman–Crippen MR) is 320 cm³/mol. The van der Waals surface area contributed by atoms with Gasteiger partial charge >= 0.3 is 0 Å². The lowest BCUT2D eigenvalue weighted by Crippen LogP contribution is -2.54. The minimum Gasteiger partial charge on any atom is -0.507 e. The third kappa shape index (κ3) is 12.4. The van der Waals surface area contributed by atoms with Gasteiger partial charge in [0.25, 0.3) is 0 Å². The van der Waals surface area contributed by atoms with Crippen LogP contribution in [0.15, 0.2) is 89.0 Å². The van der Waals surface area contributed by atoms with E-state index in [9.17, 15) is 25.1 Å². The molecule has 2 amide bonds. The lowest BCUT2D eigenvalue weighted by molar-refractivity contribution is -0.141. The number of aryl methyl sites for hydroxylation is 1. The summed E-state index contributed by atoms with van der Waals surface area (Å²) in [6.45, 7) is 12.3. The molecule has 20 nitrogen and oxygen atoms in total. The van der Waals surface area contributed by atoms with Crippen molar-refractivity contribution in [3.63, 3.8) is 0 Å². The summed E-state index contributed by atoms with van der Waals surface area (Å²) in [7, 11) is 0. The molecular weight excluding hydrogens is 1080 g/mol. The summed E-state index contributed by atoms with van der Waals surface area (Å²) < 4.78 is 19.1. The number of carbonyl (C=O) groups excluding carboxylic acids is 2. The summed E-state index contributed by atoms with van der Waals surface area (Å²) in [5.74, 6) is 1.44. The second-order valence-electron chi connectivity index (χ2n) is 24.3. The topological polar surface area (TPSA) is 249 Å². The van der Waals surface area contributed by atoms with Gasteiger partial charge in [-0.3, -0.25) is 9.59 Å². The highest BCUT2D eigenvalue weighted by molar-refractivity contribution is 7.13. The molecule has 0 radical (unpaired) electrons. The summed E-state index contributed by atoms with van der Waals surface area (Å²) in [6.07, 6.45) is 10.3. The molecule has 1 saturated carbocycles. The average Bonchev–Trinajstić information content (AvgIpc) is 3.43. The molecule has 5 N–H and O–H groups in total. The number of thiazole rings is 1. The van der Waals surface area contributed by atoms with Crippen molar-refractivity contribution < 1.29 is 33.8 Å². The lowest BCUT2D eigenvalue weighted by Gasteiger charge is -2.43. The van der Waals surface area contributed by atoms with E-state index in [1.165, 1.54) is 4.90 Å². The molecule has 1 aliphatic carbocycles. The van der Waals surface area contributed by atoms with Gasteiger partial charge in [-0.25, -0.2) is 9.97 Å². The maximum atomic E-state index is 14.5. The number of nitrogens with zero attached hydrogens (tertiary/aromatic N) is 11. The van der Waals surface area contributed by atoms with Crippen LogP contribution < -0.4 is 30.5 Å². The molecule has 5 aliphatic heterocycles. The number of rotatable bonds is 19. The highest BCUT2D eigenvalue weighted by Gasteiger charge is 2.45. The number of benzene rings is 2. The van der Waals surface area contributed by atoms with E-state index < -0.39 is 24.1 Å². The predicted octanol–water partition coefficient (Wildman–Crippen LogP) is 8.27. The van der Waals surface area contributed by atoms with Crippen molar-refractivity contribution in [2.24, 2.45) is 11.8 Å². The molecule has 6 aliphatic rings. The van der Waals surface area contributed by atoms with Crippen LogP contribution in [0.25, 0.3) is 21.7 Å². The number of hydrogen-bond acceptors (Lipinski definition) is 19. The van der Waals surface area contributed by atoms with Crippen molar-refractivity contribution >= 4 is 46.2 Å². The minimum absolute atomic E-state index is 0.0373. The molecule has 6 aromatic rings. The van der Waals surface area contributed by atoms with Gasteiger partial charge in [-0.05, 0) is 99.1 Å². The van der Waals surface area contributed by atoms with Crippen molar-refractivity contribution in [2.45, 2.75) is 146 Å². The number of piperidine rings is 2. The summed E-state index contributed by atoms with van der Waals surface area (Å²) in [5, 5.41) is 47.1. The molecule has 2 aromatic carbocycles. The number of aromatic hydroxyl groups is 1. The molecule has 21 heteroatoms. The Labute approximate surface area is 494 Å². The number of piperazine rings is 1. The number of phenols is 1. The number of ether oxygens (including phenoxy) is 2. The zero-order valence-electron chi connectivity index (χ0n) is 48.2. The third-order valence-electron chi connectivity index (χ3n) is 18.3. The average molecular weight is 1160 g/mol.